The Bertz CT molecular complexity index is 113. The zero-order valence-electron chi connectivity index (χ0n) is 7.59. The zero-order chi connectivity index (χ0) is 8.69. The van der Waals surface area contributed by atoms with Gasteiger partial charge in [-0.15, -0.1) is 0 Å². The van der Waals surface area contributed by atoms with Gasteiger partial charge in [0.15, 0.2) is 0 Å². The summed E-state index contributed by atoms with van der Waals surface area (Å²) in [6, 6.07) is 0. The molecule has 0 heterocycles. The molecule has 0 aromatic carbocycles. The maximum absolute atomic E-state index is 5.23. The minimum absolute atomic E-state index is 0.490. The van der Waals surface area contributed by atoms with Gasteiger partial charge in [0.25, 0.3) is 0 Å². The Hall–Kier alpha value is -0.540. The van der Waals surface area contributed by atoms with Crippen LogP contribution in [0.3, 0.4) is 0 Å². The van der Waals surface area contributed by atoms with Gasteiger partial charge in [-0.05, 0) is 14.1 Å². The zero-order valence-corrected chi connectivity index (χ0v) is 7.59. The summed E-state index contributed by atoms with van der Waals surface area (Å²) in [4.78, 5) is 2.07. The first-order valence-corrected chi connectivity index (χ1v) is 3.61. The molecule has 0 aliphatic heterocycles. The second-order valence-electron chi connectivity index (χ2n) is 2.60. The molecule has 3 heteroatoms. The molecular weight excluding hydrogens is 142 g/mol. The molecule has 11 heavy (non-hydrogen) atoms. The van der Waals surface area contributed by atoms with Crippen molar-refractivity contribution in [3.05, 3.63) is 12.3 Å². The molecule has 0 aliphatic rings. The fraction of sp³-hybridized carbons (Fsp3) is 0.750. The highest BCUT2D eigenvalue weighted by molar-refractivity contribution is 4.80. The Morgan fingerprint density at radius 2 is 2.09 bits per heavy atom. The van der Waals surface area contributed by atoms with E-state index in [1.54, 1.807) is 7.11 Å². The lowest BCUT2D eigenvalue weighted by Gasteiger charge is -2.10. The van der Waals surface area contributed by atoms with Gasteiger partial charge in [-0.1, -0.05) is 6.58 Å². The first-order chi connectivity index (χ1) is 5.16. The van der Waals surface area contributed by atoms with Gasteiger partial charge < -0.3 is 14.4 Å². The lowest BCUT2D eigenvalue weighted by molar-refractivity contribution is 0.103. The van der Waals surface area contributed by atoms with Crippen LogP contribution in [-0.2, 0) is 9.47 Å². The van der Waals surface area contributed by atoms with Crippen molar-refractivity contribution in [1.82, 2.24) is 4.90 Å². The van der Waals surface area contributed by atoms with E-state index in [1.807, 2.05) is 14.1 Å². The van der Waals surface area contributed by atoms with E-state index in [1.165, 1.54) is 0 Å². The van der Waals surface area contributed by atoms with E-state index in [4.69, 9.17) is 9.47 Å². The highest BCUT2D eigenvalue weighted by Gasteiger charge is 1.93. The fourth-order valence-electron chi connectivity index (χ4n) is 0.492. The van der Waals surface area contributed by atoms with Crippen molar-refractivity contribution in [1.29, 1.82) is 0 Å². The molecule has 0 unspecified atom stereocenters. The van der Waals surface area contributed by atoms with Crippen molar-refractivity contribution in [3.8, 4) is 0 Å². The number of rotatable bonds is 6. The van der Waals surface area contributed by atoms with Crippen LogP contribution in [0.15, 0.2) is 12.3 Å². The molecule has 0 N–H and O–H groups in total. The number of likely N-dealkylation sites (N-methyl/N-ethyl adjacent to an activating group) is 1. The summed E-state index contributed by atoms with van der Waals surface area (Å²) in [7, 11) is 5.61. The quantitative estimate of drug-likeness (QED) is 0.421. The predicted octanol–water partition coefficient (Wildman–Crippen LogP) is 0.725. The molecule has 0 bridgehead atoms. The fourth-order valence-corrected chi connectivity index (χ4v) is 0.492. The van der Waals surface area contributed by atoms with Gasteiger partial charge in [-0.25, -0.2) is 0 Å². The molecule has 0 radical (unpaired) electrons. The van der Waals surface area contributed by atoms with E-state index in [9.17, 15) is 0 Å². The Morgan fingerprint density at radius 1 is 1.45 bits per heavy atom. The van der Waals surface area contributed by atoms with Gasteiger partial charge in [0.2, 0.25) is 0 Å². The van der Waals surface area contributed by atoms with Crippen LogP contribution in [0.2, 0.25) is 0 Å². The standard InChI is InChI=1S/C8H17NO2/c1-8(10-4)7-11-6-5-9(2)3/h1,5-7H2,2-4H3. The summed E-state index contributed by atoms with van der Waals surface area (Å²) >= 11 is 0. The molecule has 0 rings (SSSR count). The number of hydrogen-bond acceptors (Lipinski definition) is 3. The highest BCUT2D eigenvalue weighted by atomic mass is 16.5. The van der Waals surface area contributed by atoms with Gasteiger partial charge in [-0.3, -0.25) is 0 Å². The van der Waals surface area contributed by atoms with Crippen molar-refractivity contribution < 1.29 is 9.47 Å². The van der Waals surface area contributed by atoms with Crippen LogP contribution in [0.4, 0.5) is 0 Å². The maximum atomic E-state index is 5.23. The van der Waals surface area contributed by atoms with Crippen LogP contribution < -0.4 is 0 Å². The Balaban J connectivity index is 3.08. The summed E-state index contributed by atoms with van der Waals surface area (Å²) in [5, 5.41) is 0. The lowest BCUT2D eigenvalue weighted by Crippen LogP contribution is -2.18. The van der Waals surface area contributed by atoms with Crippen molar-refractivity contribution in [3.63, 3.8) is 0 Å². The third-order valence-electron chi connectivity index (χ3n) is 1.23. The van der Waals surface area contributed by atoms with Gasteiger partial charge in [0.05, 0.1) is 13.7 Å². The second kappa shape index (κ2) is 6.19. The molecule has 0 fully saturated rings. The maximum Gasteiger partial charge on any atom is 0.114 e. The third kappa shape index (κ3) is 7.36. The number of ether oxygens (including phenoxy) is 2. The number of methoxy groups -OCH3 is 1. The minimum Gasteiger partial charge on any atom is -0.499 e. The summed E-state index contributed by atoms with van der Waals surface area (Å²) in [6.45, 7) is 5.76. The van der Waals surface area contributed by atoms with Crippen LogP contribution in [-0.4, -0.2) is 45.9 Å². The van der Waals surface area contributed by atoms with E-state index < -0.39 is 0 Å². The summed E-state index contributed by atoms with van der Waals surface area (Å²) in [5.41, 5.74) is 0. The van der Waals surface area contributed by atoms with Crippen LogP contribution in [0.1, 0.15) is 0 Å². The van der Waals surface area contributed by atoms with Crippen molar-refractivity contribution in [2.75, 3.05) is 41.0 Å². The molecule has 0 saturated heterocycles. The van der Waals surface area contributed by atoms with Crippen LogP contribution in [0.5, 0.6) is 0 Å². The molecule has 0 saturated carbocycles. The molecule has 0 amide bonds. The van der Waals surface area contributed by atoms with E-state index in [-0.39, 0.29) is 0 Å². The van der Waals surface area contributed by atoms with E-state index in [0.717, 1.165) is 13.2 Å². The Labute approximate surface area is 68.6 Å². The average Bonchev–Trinajstić information content (AvgIpc) is 1.97. The topological polar surface area (TPSA) is 21.7 Å². The van der Waals surface area contributed by atoms with Gasteiger partial charge in [-0.2, -0.15) is 0 Å². The van der Waals surface area contributed by atoms with Crippen molar-refractivity contribution in [2.45, 2.75) is 0 Å². The van der Waals surface area contributed by atoms with Crippen LogP contribution in [0, 0.1) is 0 Å². The minimum atomic E-state index is 0.490. The smallest absolute Gasteiger partial charge is 0.114 e. The number of nitrogens with zero attached hydrogens (tertiary/aromatic N) is 1. The first kappa shape index (κ1) is 10.5. The van der Waals surface area contributed by atoms with E-state index in [2.05, 4.69) is 11.5 Å². The molecule has 0 atom stereocenters. The summed E-state index contributed by atoms with van der Waals surface area (Å²) < 4.78 is 10.1. The predicted molar refractivity (Wildman–Crippen MR) is 45.5 cm³/mol. The molecular formula is C8H17NO2. The summed E-state index contributed by atoms with van der Waals surface area (Å²) in [6.07, 6.45) is 0. The van der Waals surface area contributed by atoms with Crippen LogP contribution in [0.25, 0.3) is 0 Å². The van der Waals surface area contributed by atoms with Gasteiger partial charge in [0.1, 0.15) is 12.4 Å². The number of hydrogen-bond donors (Lipinski definition) is 0. The third-order valence-corrected chi connectivity index (χ3v) is 1.23. The molecule has 0 aliphatic carbocycles. The highest BCUT2D eigenvalue weighted by Crippen LogP contribution is 1.90. The molecule has 66 valence electrons. The van der Waals surface area contributed by atoms with E-state index in [0.29, 0.717) is 12.4 Å². The lowest BCUT2D eigenvalue weighted by atomic mass is 10.6. The summed E-state index contributed by atoms with van der Waals surface area (Å²) in [5.74, 6) is 0.670. The van der Waals surface area contributed by atoms with E-state index >= 15 is 0 Å². The molecule has 0 aromatic heterocycles. The van der Waals surface area contributed by atoms with Crippen molar-refractivity contribution >= 4 is 0 Å². The monoisotopic (exact) mass is 159 g/mol. The molecule has 0 aromatic rings. The van der Waals surface area contributed by atoms with Crippen molar-refractivity contribution in [2.24, 2.45) is 0 Å². The average molecular weight is 159 g/mol. The van der Waals surface area contributed by atoms with Crippen LogP contribution >= 0.6 is 0 Å². The largest absolute Gasteiger partial charge is 0.499 e. The molecule has 0 spiro atoms. The Morgan fingerprint density at radius 3 is 2.55 bits per heavy atom. The van der Waals surface area contributed by atoms with Gasteiger partial charge in [0, 0.05) is 6.54 Å². The first-order valence-electron chi connectivity index (χ1n) is 3.61. The SMILES string of the molecule is C=C(COCCN(C)C)OC. The Kier molecular flexibility index (Phi) is 5.88. The normalized spacial score (nSPS) is 10.2. The molecule has 3 nitrogen and oxygen atoms in total. The van der Waals surface area contributed by atoms with Gasteiger partial charge >= 0.3 is 0 Å². The second-order valence-corrected chi connectivity index (χ2v) is 2.60.